The van der Waals surface area contributed by atoms with Gasteiger partial charge in [0, 0.05) is 23.7 Å². The van der Waals surface area contributed by atoms with Gasteiger partial charge in [-0.3, -0.25) is 18.8 Å². The maximum Gasteiger partial charge on any atom is 0.262 e. The molecule has 0 bridgehead atoms. The second-order valence-electron chi connectivity index (χ2n) is 6.39. The largest absolute Gasteiger partial charge is 0.289 e. The number of aromatic nitrogens is 4. The summed E-state index contributed by atoms with van der Waals surface area (Å²) in [6.07, 6.45) is 5.19. The Hall–Kier alpha value is -2.81. The average Bonchev–Trinajstić information content (AvgIpc) is 3.18. The van der Waals surface area contributed by atoms with Crippen LogP contribution in [0, 0.1) is 6.92 Å². The molecule has 27 heavy (non-hydrogen) atoms. The number of aryl methyl sites for hydroxylation is 3. The third-order valence-corrected chi connectivity index (χ3v) is 5.23. The topological polar surface area (TPSA) is 94.2 Å². The number of amides is 1. The summed E-state index contributed by atoms with van der Waals surface area (Å²) in [4.78, 5) is 31.0. The van der Waals surface area contributed by atoms with E-state index in [2.05, 4.69) is 27.5 Å². The summed E-state index contributed by atoms with van der Waals surface area (Å²) in [5.74, 6) is -0.386. The lowest BCUT2D eigenvalue weighted by molar-refractivity contribution is -0.121. The van der Waals surface area contributed by atoms with E-state index in [9.17, 15) is 9.59 Å². The van der Waals surface area contributed by atoms with Crippen molar-refractivity contribution >= 4 is 33.2 Å². The Morgan fingerprint density at radius 2 is 2.19 bits per heavy atom. The SMILES string of the molecule is CCCc1cc2c(=O)n(CC(=O)NN=C(C)c3cn(C)nc3C)cnc2s1. The fourth-order valence-corrected chi connectivity index (χ4v) is 3.93. The first-order valence-corrected chi connectivity index (χ1v) is 9.52. The lowest BCUT2D eigenvalue weighted by atomic mass is 10.2. The molecular formula is C18H22N6O2S. The maximum absolute atomic E-state index is 12.6. The molecule has 3 aromatic rings. The molecule has 0 aliphatic heterocycles. The molecule has 0 saturated carbocycles. The van der Waals surface area contributed by atoms with Gasteiger partial charge in [-0.05, 0) is 26.3 Å². The van der Waals surface area contributed by atoms with Gasteiger partial charge in [-0.15, -0.1) is 11.3 Å². The van der Waals surface area contributed by atoms with E-state index in [0.29, 0.717) is 15.9 Å². The van der Waals surface area contributed by atoms with Crippen LogP contribution >= 0.6 is 11.3 Å². The highest BCUT2D eigenvalue weighted by molar-refractivity contribution is 7.18. The molecule has 9 heteroatoms. The number of carbonyl (C=O) groups excluding carboxylic acids is 1. The third-order valence-electron chi connectivity index (χ3n) is 4.13. The van der Waals surface area contributed by atoms with Crippen molar-refractivity contribution in [1.82, 2.24) is 24.8 Å². The van der Waals surface area contributed by atoms with E-state index >= 15 is 0 Å². The van der Waals surface area contributed by atoms with Gasteiger partial charge in [0.15, 0.2) is 0 Å². The number of hydrogen-bond donors (Lipinski definition) is 1. The van der Waals surface area contributed by atoms with Crippen LogP contribution in [0.5, 0.6) is 0 Å². The highest BCUT2D eigenvalue weighted by Crippen LogP contribution is 2.21. The zero-order valence-electron chi connectivity index (χ0n) is 15.8. The van der Waals surface area contributed by atoms with Gasteiger partial charge in [0.05, 0.1) is 23.1 Å². The van der Waals surface area contributed by atoms with Crippen molar-refractivity contribution in [1.29, 1.82) is 0 Å². The van der Waals surface area contributed by atoms with Crippen molar-refractivity contribution < 1.29 is 4.79 Å². The highest BCUT2D eigenvalue weighted by Gasteiger charge is 2.12. The van der Waals surface area contributed by atoms with Crippen LogP contribution in [0.4, 0.5) is 0 Å². The first-order valence-electron chi connectivity index (χ1n) is 8.70. The lowest BCUT2D eigenvalue weighted by Gasteiger charge is -2.05. The Morgan fingerprint density at radius 1 is 1.41 bits per heavy atom. The van der Waals surface area contributed by atoms with Gasteiger partial charge in [-0.25, -0.2) is 10.4 Å². The summed E-state index contributed by atoms with van der Waals surface area (Å²) in [6.45, 7) is 5.63. The zero-order valence-corrected chi connectivity index (χ0v) is 16.6. The second-order valence-corrected chi connectivity index (χ2v) is 7.51. The first kappa shape index (κ1) is 19.0. The number of hydrogen-bond acceptors (Lipinski definition) is 6. The van der Waals surface area contributed by atoms with Gasteiger partial charge in [0.25, 0.3) is 11.5 Å². The minimum absolute atomic E-state index is 0.135. The van der Waals surface area contributed by atoms with E-state index in [-0.39, 0.29) is 18.0 Å². The normalized spacial score (nSPS) is 11.9. The lowest BCUT2D eigenvalue weighted by Crippen LogP contribution is -2.30. The molecule has 0 atom stereocenters. The molecular weight excluding hydrogens is 364 g/mol. The molecule has 0 unspecified atom stereocenters. The van der Waals surface area contributed by atoms with Gasteiger partial charge >= 0.3 is 0 Å². The maximum atomic E-state index is 12.6. The fourth-order valence-electron chi connectivity index (χ4n) is 2.84. The van der Waals surface area contributed by atoms with Crippen LogP contribution in [0.25, 0.3) is 10.2 Å². The molecule has 3 rings (SSSR count). The number of thiophene rings is 1. The highest BCUT2D eigenvalue weighted by atomic mass is 32.1. The summed E-state index contributed by atoms with van der Waals surface area (Å²) in [6, 6.07) is 1.88. The summed E-state index contributed by atoms with van der Waals surface area (Å²) in [5, 5.41) is 8.93. The van der Waals surface area contributed by atoms with E-state index in [4.69, 9.17) is 0 Å². The molecule has 0 radical (unpaired) electrons. The van der Waals surface area contributed by atoms with Gasteiger partial charge < -0.3 is 0 Å². The molecule has 1 amide bonds. The summed E-state index contributed by atoms with van der Waals surface area (Å²) in [5.41, 5.74) is 4.63. The quantitative estimate of drug-likeness (QED) is 0.518. The van der Waals surface area contributed by atoms with Crippen LogP contribution in [-0.4, -0.2) is 31.0 Å². The molecule has 3 heterocycles. The molecule has 0 aliphatic rings. The predicted octanol–water partition coefficient (Wildman–Crippen LogP) is 1.99. The number of rotatable bonds is 6. The minimum atomic E-state index is -0.386. The second kappa shape index (κ2) is 7.83. The Kier molecular flexibility index (Phi) is 5.50. The Morgan fingerprint density at radius 3 is 2.85 bits per heavy atom. The summed E-state index contributed by atoms with van der Waals surface area (Å²) in [7, 11) is 1.83. The van der Waals surface area contributed by atoms with Crippen molar-refractivity contribution in [2.75, 3.05) is 0 Å². The van der Waals surface area contributed by atoms with E-state index in [1.54, 1.807) is 11.6 Å². The molecule has 8 nitrogen and oxygen atoms in total. The van der Waals surface area contributed by atoms with Crippen molar-refractivity contribution in [3.63, 3.8) is 0 Å². The number of hydrazone groups is 1. The van der Waals surface area contributed by atoms with Crippen LogP contribution in [0.15, 0.2) is 28.5 Å². The van der Waals surface area contributed by atoms with Crippen molar-refractivity contribution in [2.24, 2.45) is 12.1 Å². The number of nitrogens with one attached hydrogen (secondary N) is 1. The average molecular weight is 386 g/mol. The Balaban J connectivity index is 1.74. The van der Waals surface area contributed by atoms with E-state index in [1.807, 2.05) is 26.2 Å². The van der Waals surface area contributed by atoms with Gasteiger partial charge in [0.2, 0.25) is 0 Å². The molecule has 142 valence electrons. The summed E-state index contributed by atoms with van der Waals surface area (Å²) >= 11 is 1.52. The zero-order chi connectivity index (χ0) is 19.6. The fraction of sp³-hybridized carbons (Fsp3) is 0.389. The number of nitrogens with zero attached hydrogens (tertiary/aromatic N) is 5. The van der Waals surface area contributed by atoms with Crippen molar-refractivity contribution in [2.45, 2.75) is 40.2 Å². The van der Waals surface area contributed by atoms with Gasteiger partial charge in [0.1, 0.15) is 11.4 Å². The Labute approximate surface area is 160 Å². The monoisotopic (exact) mass is 386 g/mol. The number of fused-ring (bicyclic) bond motifs is 1. The Bertz CT molecular complexity index is 1080. The number of carbonyl (C=O) groups is 1. The molecule has 0 aliphatic carbocycles. The van der Waals surface area contributed by atoms with E-state index in [1.165, 1.54) is 22.2 Å². The van der Waals surface area contributed by atoms with Crippen LogP contribution in [0.2, 0.25) is 0 Å². The third kappa shape index (κ3) is 4.13. The minimum Gasteiger partial charge on any atom is -0.289 e. The van der Waals surface area contributed by atoms with Crippen LogP contribution in [0.1, 0.15) is 36.4 Å². The smallest absolute Gasteiger partial charge is 0.262 e. The van der Waals surface area contributed by atoms with E-state index in [0.717, 1.165) is 29.0 Å². The van der Waals surface area contributed by atoms with Crippen molar-refractivity contribution in [3.8, 4) is 0 Å². The molecule has 0 saturated heterocycles. The van der Waals surface area contributed by atoms with Crippen LogP contribution in [0.3, 0.4) is 0 Å². The standard InChI is InChI=1S/C18H22N6O2S/c1-5-6-13-7-14-17(27-13)19-10-24(18(14)26)9-16(25)21-20-11(2)15-8-23(4)22-12(15)3/h7-8,10H,5-6,9H2,1-4H3,(H,21,25). The van der Waals surface area contributed by atoms with Crippen molar-refractivity contribution in [3.05, 3.63) is 45.1 Å². The first-order chi connectivity index (χ1) is 12.9. The molecule has 3 aromatic heterocycles. The van der Waals surface area contributed by atoms with Crippen LogP contribution in [-0.2, 0) is 24.8 Å². The molecule has 1 N–H and O–H groups in total. The van der Waals surface area contributed by atoms with E-state index < -0.39 is 0 Å². The molecule has 0 fully saturated rings. The predicted molar refractivity (Wildman–Crippen MR) is 106 cm³/mol. The van der Waals surface area contributed by atoms with Crippen LogP contribution < -0.4 is 11.0 Å². The summed E-state index contributed by atoms with van der Waals surface area (Å²) < 4.78 is 3.00. The molecule has 0 spiro atoms. The molecule has 0 aromatic carbocycles. The van der Waals surface area contributed by atoms with Gasteiger partial charge in [-0.1, -0.05) is 13.3 Å². The van der Waals surface area contributed by atoms with Gasteiger partial charge in [-0.2, -0.15) is 10.2 Å².